The quantitative estimate of drug-likeness (QED) is 0.251. The molecule has 1 aromatic rings. The Morgan fingerprint density at radius 2 is 2.12 bits per heavy atom. The van der Waals surface area contributed by atoms with Crippen LogP contribution in [0.5, 0.6) is 0 Å². The molecule has 148 valence electrons. The Balaban J connectivity index is 2.26. The molecule has 1 unspecified atom stereocenters. The predicted octanol–water partition coefficient (Wildman–Crippen LogP) is -0.376. The van der Waals surface area contributed by atoms with Gasteiger partial charge in [-0.25, -0.2) is 18.3 Å². The Hall–Kier alpha value is -0.670. The fourth-order valence-electron chi connectivity index (χ4n) is 2.53. The summed E-state index contributed by atoms with van der Waals surface area (Å²) in [6.07, 6.45) is -6.01. The number of anilines is 1. The first-order chi connectivity index (χ1) is 11.9. The van der Waals surface area contributed by atoms with Crippen LogP contribution in [-0.2, 0) is 13.8 Å². The normalized spacial score (nSPS) is 28.9. The van der Waals surface area contributed by atoms with Crippen LogP contribution in [0.2, 0.25) is 0 Å². The molecule has 6 N–H and O–H groups in total. The molecule has 14 heteroatoms. The monoisotopic (exact) mass is 509 g/mol. The Bertz CT molecular complexity index is 775. The van der Waals surface area contributed by atoms with E-state index < -0.39 is 56.7 Å². The van der Waals surface area contributed by atoms with Crippen LogP contribution < -0.4 is 11.4 Å². The first-order valence-corrected chi connectivity index (χ1v) is 9.99. The molecule has 11 nitrogen and oxygen atoms in total. The van der Waals surface area contributed by atoms with E-state index in [0.717, 1.165) is 4.57 Å². The van der Waals surface area contributed by atoms with Crippen molar-refractivity contribution in [1.29, 1.82) is 0 Å². The number of phosphoric ester groups is 1. The number of nitrogen functional groups attached to an aromatic ring is 1. The highest BCUT2D eigenvalue weighted by Crippen LogP contribution is 2.46. The molecule has 1 fully saturated rings. The van der Waals surface area contributed by atoms with Crippen molar-refractivity contribution in [3.63, 3.8) is 0 Å². The fraction of sp³-hybridized carbons (Fsp3) is 0.667. The van der Waals surface area contributed by atoms with Gasteiger partial charge in [-0.1, -0.05) is 6.92 Å². The summed E-state index contributed by atoms with van der Waals surface area (Å²) in [5, 5.41) is 20.3. The first kappa shape index (κ1) is 21.6. The molecule has 0 amide bonds. The molecule has 2 heterocycles. The van der Waals surface area contributed by atoms with Gasteiger partial charge in [0.05, 0.1) is 9.67 Å². The van der Waals surface area contributed by atoms with Crippen LogP contribution in [0.4, 0.5) is 10.2 Å². The van der Waals surface area contributed by atoms with E-state index in [-0.39, 0.29) is 5.82 Å². The molecule has 0 aliphatic carbocycles. The number of aromatic nitrogens is 2. The molecule has 1 aromatic heterocycles. The number of ether oxygens (including phenoxy) is 1. The van der Waals surface area contributed by atoms with Crippen molar-refractivity contribution < 1.29 is 38.2 Å². The molecule has 0 radical (unpaired) electrons. The minimum Gasteiger partial charge on any atom is -0.388 e. The number of aliphatic hydroxyl groups is 2. The maximum absolute atomic E-state index is 14.6. The molecular formula is C12H18FIN3O8P. The van der Waals surface area contributed by atoms with Gasteiger partial charge < -0.3 is 30.5 Å². The lowest BCUT2D eigenvalue weighted by molar-refractivity contribution is -0.133. The van der Waals surface area contributed by atoms with Crippen molar-refractivity contribution >= 4 is 36.2 Å². The van der Waals surface area contributed by atoms with Crippen LogP contribution in [0, 0.1) is 3.57 Å². The summed E-state index contributed by atoms with van der Waals surface area (Å²) in [5.41, 5.74) is 4.66. The van der Waals surface area contributed by atoms with E-state index in [4.69, 9.17) is 20.3 Å². The Labute approximate surface area is 160 Å². The highest BCUT2D eigenvalue weighted by atomic mass is 127. The molecule has 1 aliphatic rings. The second-order valence-electron chi connectivity index (χ2n) is 5.73. The molecule has 26 heavy (non-hydrogen) atoms. The van der Waals surface area contributed by atoms with E-state index in [1.54, 1.807) is 22.6 Å². The largest absolute Gasteiger partial charge is 0.472 e. The van der Waals surface area contributed by atoms with Crippen molar-refractivity contribution in [1.82, 2.24) is 9.55 Å². The molecule has 0 bridgehead atoms. The minimum absolute atomic E-state index is 0.0276. The van der Waals surface area contributed by atoms with Crippen LogP contribution in [0.1, 0.15) is 26.0 Å². The highest BCUT2D eigenvalue weighted by molar-refractivity contribution is 14.1. The standard InChI is InChI=1S/C12H18FIN3O8P/c1-2-12(13,25-26(21,22)23)3-6-7(18)8(19)10(24-6)17-4-5(14)9(15)16-11(17)20/h4,6-8,10,18-19H,2-3H2,1H3,(H2,15,16,20)(H2,21,22,23)/t6-,7-,8-,10-,12?/m1/s1. The first-order valence-electron chi connectivity index (χ1n) is 7.38. The zero-order chi connectivity index (χ0) is 19.9. The zero-order valence-corrected chi connectivity index (χ0v) is 16.4. The summed E-state index contributed by atoms with van der Waals surface area (Å²) in [7, 11) is -5.14. The smallest absolute Gasteiger partial charge is 0.388 e. The zero-order valence-electron chi connectivity index (χ0n) is 13.4. The second kappa shape index (κ2) is 7.75. The Kier molecular flexibility index (Phi) is 6.45. The van der Waals surface area contributed by atoms with Gasteiger partial charge in [0.25, 0.3) is 0 Å². The molecule has 0 saturated carbocycles. The maximum atomic E-state index is 14.6. The highest BCUT2D eigenvalue weighted by Gasteiger charge is 2.49. The number of hydrogen-bond acceptors (Lipinski definition) is 8. The maximum Gasteiger partial charge on any atom is 0.472 e. The van der Waals surface area contributed by atoms with Crippen molar-refractivity contribution in [2.75, 3.05) is 5.73 Å². The third kappa shape index (κ3) is 4.78. The molecule has 5 atom stereocenters. The number of alkyl halides is 1. The van der Waals surface area contributed by atoms with E-state index in [1.807, 2.05) is 0 Å². The van der Waals surface area contributed by atoms with Gasteiger partial charge in [-0.05, 0) is 22.6 Å². The number of nitrogens with two attached hydrogens (primary N) is 1. The average molecular weight is 509 g/mol. The Morgan fingerprint density at radius 3 is 2.65 bits per heavy atom. The number of halogens is 2. The van der Waals surface area contributed by atoms with Gasteiger partial charge in [-0.15, -0.1) is 0 Å². The van der Waals surface area contributed by atoms with E-state index in [1.165, 1.54) is 13.1 Å². The third-order valence-corrected chi connectivity index (χ3v) is 5.26. The van der Waals surface area contributed by atoms with Gasteiger partial charge >= 0.3 is 13.5 Å². The lowest BCUT2D eigenvalue weighted by atomic mass is 10.0. The fourth-order valence-corrected chi connectivity index (χ4v) is 3.58. The number of nitrogens with zero attached hydrogens (tertiary/aromatic N) is 2. The SMILES string of the molecule is CCC(F)(C[C@H]1O[C@@H](n2cc(I)c(N)nc2=O)[C@H](O)[C@@H]1O)OP(=O)(O)O. The van der Waals surface area contributed by atoms with Crippen molar-refractivity contribution in [2.45, 2.75) is 50.2 Å². The lowest BCUT2D eigenvalue weighted by Crippen LogP contribution is -2.38. The van der Waals surface area contributed by atoms with E-state index in [2.05, 4.69) is 9.51 Å². The van der Waals surface area contributed by atoms with Gasteiger partial charge in [0.2, 0.25) is 5.85 Å². The summed E-state index contributed by atoms with van der Waals surface area (Å²) in [4.78, 5) is 33.2. The molecular weight excluding hydrogens is 491 g/mol. The van der Waals surface area contributed by atoms with Gasteiger partial charge in [-0.2, -0.15) is 4.98 Å². The van der Waals surface area contributed by atoms with Gasteiger partial charge in [-0.3, -0.25) is 4.57 Å². The van der Waals surface area contributed by atoms with Crippen LogP contribution in [0.15, 0.2) is 11.0 Å². The predicted molar refractivity (Wildman–Crippen MR) is 93.4 cm³/mol. The summed E-state index contributed by atoms with van der Waals surface area (Å²) in [6.45, 7) is 1.28. The average Bonchev–Trinajstić information content (AvgIpc) is 2.77. The molecule has 0 aromatic carbocycles. The van der Waals surface area contributed by atoms with E-state index in [9.17, 15) is 24.0 Å². The second-order valence-corrected chi connectivity index (χ2v) is 8.06. The number of phosphoric acid groups is 1. The van der Waals surface area contributed by atoms with E-state index >= 15 is 0 Å². The molecule has 0 spiro atoms. The van der Waals surface area contributed by atoms with Crippen LogP contribution >= 0.6 is 30.4 Å². The lowest BCUT2D eigenvalue weighted by Gasteiger charge is -2.27. The molecule has 1 aliphatic heterocycles. The van der Waals surface area contributed by atoms with Crippen molar-refractivity contribution in [3.8, 4) is 0 Å². The van der Waals surface area contributed by atoms with Crippen LogP contribution in [-0.4, -0.2) is 53.7 Å². The summed E-state index contributed by atoms with van der Waals surface area (Å²) >= 11 is 1.80. The van der Waals surface area contributed by atoms with Crippen molar-refractivity contribution in [2.24, 2.45) is 0 Å². The van der Waals surface area contributed by atoms with Gasteiger partial charge in [0, 0.05) is 19.0 Å². The molecule has 1 saturated heterocycles. The topological polar surface area (TPSA) is 177 Å². The third-order valence-electron chi connectivity index (χ3n) is 3.86. The van der Waals surface area contributed by atoms with Crippen molar-refractivity contribution in [3.05, 3.63) is 20.3 Å². The van der Waals surface area contributed by atoms with Crippen LogP contribution in [0.3, 0.4) is 0 Å². The van der Waals surface area contributed by atoms with Gasteiger partial charge in [0.15, 0.2) is 6.23 Å². The van der Waals surface area contributed by atoms with Gasteiger partial charge in [0.1, 0.15) is 18.0 Å². The summed E-state index contributed by atoms with van der Waals surface area (Å²) < 4.78 is 36.3. The summed E-state index contributed by atoms with van der Waals surface area (Å²) in [6, 6.07) is 0. The summed E-state index contributed by atoms with van der Waals surface area (Å²) in [5.74, 6) is -2.84. The van der Waals surface area contributed by atoms with E-state index in [0.29, 0.717) is 3.57 Å². The number of hydrogen-bond donors (Lipinski definition) is 5. The number of aliphatic hydroxyl groups excluding tert-OH is 2. The Morgan fingerprint density at radius 1 is 1.50 bits per heavy atom. The van der Waals surface area contributed by atoms with Crippen LogP contribution in [0.25, 0.3) is 0 Å². The minimum atomic E-state index is -5.14. The number of rotatable bonds is 6. The molecule has 2 rings (SSSR count).